The molecule has 0 bridgehead atoms. The number of benzene rings is 4. The van der Waals surface area contributed by atoms with E-state index in [9.17, 15) is 0 Å². The first-order valence-electron chi connectivity index (χ1n) is 30.8. The third-order valence-electron chi connectivity index (χ3n) is 15.4. The van der Waals surface area contributed by atoms with Gasteiger partial charge in [0.15, 0.2) is 0 Å². The van der Waals surface area contributed by atoms with Gasteiger partial charge in [-0.3, -0.25) is 20.0 Å². The number of aromatic nitrogens is 2. The van der Waals surface area contributed by atoms with E-state index in [1.807, 2.05) is 0 Å². The van der Waals surface area contributed by atoms with Crippen molar-refractivity contribution < 1.29 is 34.1 Å². The molecule has 2 aromatic heterocycles. The third kappa shape index (κ3) is 23.1. The van der Waals surface area contributed by atoms with Crippen molar-refractivity contribution in [1.29, 1.82) is 43.1 Å². The van der Waals surface area contributed by atoms with Crippen LogP contribution in [0.15, 0.2) is 117 Å². The molecule has 0 atom stereocenters. The summed E-state index contributed by atoms with van der Waals surface area (Å²) in [4.78, 5) is 31.4. The minimum absolute atomic E-state index is 0. The van der Waals surface area contributed by atoms with Crippen molar-refractivity contribution in [3.63, 3.8) is 0 Å². The van der Waals surface area contributed by atoms with Crippen LogP contribution in [0.4, 0.5) is 22.7 Å². The maximum atomic E-state index is 6.00. The van der Waals surface area contributed by atoms with E-state index in [0.29, 0.717) is 47.3 Å². The standard InChI is InChI=1S/2C37H51N3.2Fe.4N2/c2*1-22(2)29-16-14-17-30(23(3)4)35(29)38-26(9)33-20-28(37(11,12)13)21-34(40-33)27(10)39-36-31(24(5)6)18-15-19-32(36)25(7)8;;;4*1-2/h2*14-25H,1-13H3;;;;;;. The van der Waals surface area contributed by atoms with E-state index in [0.717, 1.165) is 68.4 Å². The van der Waals surface area contributed by atoms with Gasteiger partial charge < -0.3 is 0 Å². The van der Waals surface area contributed by atoms with E-state index >= 15 is 0 Å². The van der Waals surface area contributed by atoms with E-state index in [2.05, 4.69) is 277 Å². The molecule has 0 N–H and O–H groups in total. The summed E-state index contributed by atoms with van der Waals surface area (Å²) < 4.78 is 0. The minimum Gasteiger partial charge on any atom is -0.251 e. The van der Waals surface area contributed by atoms with Gasteiger partial charge in [-0.05, 0) is 166 Å². The van der Waals surface area contributed by atoms with Crippen LogP contribution in [-0.2, 0) is 45.0 Å². The molecule has 0 saturated carbocycles. The number of hydrogen-bond acceptors (Lipinski definition) is 14. The predicted molar refractivity (Wildman–Crippen MR) is 366 cm³/mol. The fraction of sp³-hybridized carbons (Fsp3) is 0.486. The van der Waals surface area contributed by atoms with Crippen LogP contribution in [0.25, 0.3) is 0 Å². The summed E-state index contributed by atoms with van der Waals surface area (Å²) >= 11 is 0. The van der Waals surface area contributed by atoms with Gasteiger partial charge in [-0.15, -0.1) is 0 Å². The van der Waals surface area contributed by atoms with Crippen LogP contribution in [0.5, 0.6) is 0 Å². The molecule has 2 heterocycles. The number of rotatable bonds is 16. The molecule has 0 saturated heterocycles. The second-order valence-electron chi connectivity index (χ2n) is 26.9. The Labute approximate surface area is 563 Å². The molecule has 0 unspecified atom stereocenters. The maximum absolute atomic E-state index is 6.00. The molecule has 4 aromatic carbocycles. The van der Waals surface area contributed by atoms with Gasteiger partial charge in [0.25, 0.3) is 0 Å². The van der Waals surface area contributed by atoms with Crippen molar-refractivity contribution >= 4 is 45.6 Å². The summed E-state index contributed by atoms with van der Waals surface area (Å²) in [7, 11) is 0. The Morgan fingerprint density at radius 1 is 0.289 bits per heavy atom. The molecule has 16 heteroatoms. The van der Waals surface area contributed by atoms with Crippen LogP contribution in [0.2, 0.25) is 0 Å². The first kappa shape index (κ1) is 84.6. The van der Waals surface area contributed by atoms with Crippen molar-refractivity contribution in [3.05, 3.63) is 175 Å². The molecule has 0 radical (unpaired) electrons. The normalized spacial score (nSPS) is 11.9. The van der Waals surface area contributed by atoms with Gasteiger partial charge in [0.05, 0.1) is 68.4 Å². The Morgan fingerprint density at radius 3 is 0.533 bits per heavy atom. The van der Waals surface area contributed by atoms with Gasteiger partial charge >= 0.3 is 0 Å². The summed E-state index contributed by atoms with van der Waals surface area (Å²) in [5.74, 6) is 3.11. The largest absolute Gasteiger partial charge is 0.251 e. The molecule has 0 amide bonds. The van der Waals surface area contributed by atoms with Gasteiger partial charge in [0.2, 0.25) is 0 Å². The van der Waals surface area contributed by atoms with E-state index in [4.69, 9.17) is 73.1 Å². The first-order chi connectivity index (χ1) is 41.2. The molecule has 484 valence electrons. The second kappa shape index (κ2) is 39.0. The Kier molecular flexibility index (Phi) is 36.7. The second-order valence-corrected chi connectivity index (χ2v) is 26.9. The molecule has 0 spiro atoms. The molecule has 90 heavy (non-hydrogen) atoms. The molecule has 0 fully saturated rings. The molecular formula is C74H102Fe2N14. The predicted octanol–water partition coefficient (Wildman–Crippen LogP) is 22.4. The Bertz CT molecular complexity index is 2920. The summed E-state index contributed by atoms with van der Waals surface area (Å²) in [6.45, 7) is 57.8. The van der Waals surface area contributed by atoms with Crippen LogP contribution in [-0.4, -0.2) is 32.8 Å². The summed E-state index contributed by atoms with van der Waals surface area (Å²) in [6, 6.07) is 35.2. The zero-order valence-electron chi connectivity index (χ0n) is 58.8. The molecule has 0 aliphatic carbocycles. The van der Waals surface area contributed by atoms with Crippen molar-refractivity contribution in [2.24, 2.45) is 20.0 Å². The molecule has 14 nitrogen and oxygen atoms in total. The molecule has 6 rings (SSSR count). The van der Waals surface area contributed by atoms with Gasteiger partial charge in [0.1, 0.15) is 0 Å². The first-order valence-corrected chi connectivity index (χ1v) is 30.8. The average Bonchev–Trinajstić information content (AvgIpc) is 1.02. The van der Waals surface area contributed by atoms with Gasteiger partial charge in [0, 0.05) is 77.3 Å². The van der Waals surface area contributed by atoms with Crippen LogP contribution in [0, 0.1) is 43.1 Å². The smallest absolute Gasteiger partial charge is 0.0852 e. The number of aliphatic imine (C=N–C) groups is 4. The zero-order valence-corrected chi connectivity index (χ0v) is 61.0. The van der Waals surface area contributed by atoms with Gasteiger partial charge in [-0.25, -0.2) is 9.97 Å². The van der Waals surface area contributed by atoms with E-state index in [1.165, 1.54) is 55.6 Å². The van der Waals surface area contributed by atoms with E-state index in [1.54, 1.807) is 0 Å². The summed E-state index contributed by atoms with van der Waals surface area (Å²) in [6.07, 6.45) is 0. The molecular weight excluding hydrogens is 1200 g/mol. The summed E-state index contributed by atoms with van der Waals surface area (Å²) in [5.41, 5.74) is 24.4. The van der Waals surface area contributed by atoms with Gasteiger partial charge in [-0.2, -0.15) is 0 Å². The molecule has 0 aliphatic heterocycles. The van der Waals surface area contributed by atoms with Gasteiger partial charge in [-0.1, -0.05) is 225 Å². The number of para-hydroxylation sites is 4. The number of hydrogen-bond donors (Lipinski definition) is 0. The van der Waals surface area contributed by atoms with Crippen LogP contribution in [0.3, 0.4) is 0 Å². The fourth-order valence-electron chi connectivity index (χ4n) is 10.1. The molecule has 6 aromatic rings. The van der Waals surface area contributed by atoms with Crippen molar-refractivity contribution in [2.75, 3.05) is 0 Å². The SMILES string of the molecule is CC(=Nc1c(C(C)C)cccc1C(C)C)c1cc(C(C)(C)C)cc(C(C)=Nc2c(C(C)C)cccc2C(C)C)n1.CC(=Nc1c(C(C)C)cccc1C(C)C)c1cc(C(C)(C)C)cc(C(C)=Nc2c(C(C)C)cccc2C(C)C)n1.N#N.N#N.N#N.N#N.[Fe].[Fe]. The Hall–Kier alpha value is -7.42. The minimum atomic E-state index is -0.0368. The topological polar surface area (TPSA) is 266 Å². The van der Waals surface area contributed by atoms with Crippen molar-refractivity contribution in [3.8, 4) is 0 Å². The average molecular weight is 1300 g/mol. The van der Waals surface area contributed by atoms with E-state index in [-0.39, 0.29) is 45.0 Å². The number of pyridine rings is 2. The van der Waals surface area contributed by atoms with Crippen LogP contribution in [0.1, 0.15) is 306 Å². The molecule has 0 aliphatic rings. The fourth-order valence-corrected chi connectivity index (χ4v) is 10.1. The van der Waals surface area contributed by atoms with E-state index < -0.39 is 0 Å². The van der Waals surface area contributed by atoms with Crippen molar-refractivity contribution in [2.45, 2.75) is 238 Å². The van der Waals surface area contributed by atoms with Crippen LogP contribution < -0.4 is 0 Å². The Balaban J connectivity index is 0. The monoisotopic (exact) mass is 1300 g/mol. The summed E-state index contributed by atoms with van der Waals surface area (Å²) in [5, 5.41) is 48.0. The Morgan fingerprint density at radius 2 is 0.422 bits per heavy atom. The number of nitrogens with zero attached hydrogens (tertiary/aromatic N) is 14. The maximum Gasteiger partial charge on any atom is 0.0852 e. The zero-order chi connectivity index (χ0) is 67.9. The van der Waals surface area contributed by atoms with Crippen LogP contribution >= 0.6 is 0 Å². The van der Waals surface area contributed by atoms with Crippen molar-refractivity contribution in [1.82, 2.24) is 9.97 Å². The third-order valence-corrected chi connectivity index (χ3v) is 15.4. The quantitative estimate of drug-likeness (QED) is 0.0502.